The molecule has 0 N–H and O–H groups in total. The van der Waals surface area contributed by atoms with Gasteiger partial charge >= 0.3 is 0 Å². The van der Waals surface area contributed by atoms with Crippen LogP contribution in [0.4, 0.5) is 0 Å². The molecular formula is C18H16O3S. The van der Waals surface area contributed by atoms with Crippen LogP contribution >= 0.6 is 11.3 Å². The first-order valence-corrected chi connectivity index (χ1v) is 7.88. The van der Waals surface area contributed by atoms with E-state index in [0.29, 0.717) is 6.61 Å². The Labute approximate surface area is 132 Å². The third kappa shape index (κ3) is 2.83. The van der Waals surface area contributed by atoms with Gasteiger partial charge in [0.05, 0.1) is 13.7 Å². The monoisotopic (exact) mass is 312 g/mol. The Balaban J connectivity index is 2.08. The Morgan fingerprint density at radius 2 is 1.73 bits per heavy atom. The van der Waals surface area contributed by atoms with Gasteiger partial charge in [-0.3, -0.25) is 4.79 Å². The Hall–Kier alpha value is -2.33. The van der Waals surface area contributed by atoms with E-state index in [2.05, 4.69) is 0 Å². The van der Waals surface area contributed by atoms with Gasteiger partial charge in [-0.05, 0) is 55.0 Å². The van der Waals surface area contributed by atoms with Crippen molar-refractivity contribution >= 4 is 21.4 Å². The first kappa shape index (κ1) is 14.6. The fraction of sp³-hybridized carbons (Fsp3) is 0.167. The Kier molecular flexibility index (Phi) is 4.11. The highest BCUT2D eigenvalue weighted by molar-refractivity contribution is 7.21. The van der Waals surface area contributed by atoms with Gasteiger partial charge in [0, 0.05) is 21.0 Å². The molecule has 2 aromatic carbocycles. The summed E-state index contributed by atoms with van der Waals surface area (Å²) in [6.07, 6.45) is 0. The molecule has 0 aliphatic carbocycles. The molecule has 0 saturated carbocycles. The maximum absolute atomic E-state index is 12.3. The molecule has 0 saturated heterocycles. The highest BCUT2D eigenvalue weighted by Gasteiger charge is 2.06. The molecule has 112 valence electrons. The molecule has 3 rings (SSSR count). The summed E-state index contributed by atoms with van der Waals surface area (Å²) in [5.41, 5.74) is 1.04. The van der Waals surface area contributed by atoms with Crippen LogP contribution in [-0.4, -0.2) is 13.7 Å². The minimum absolute atomic E-state index is 0.0280. The SMILES string of the molecule is CCOc1ccc(-c2cc(=O)c3ccc(OC)cc3s2)cc1. The minimum atomic E-state index is 0.0280. The van der Waals surface area contributed by atoms with Gasteiger partial charge in [0.25, 0.3) is 0 Å². The maximum atomic E-state index is 12.3. The molecule has 4 heteroatoms. The van der Waals surface area contributed by atoms with Gasteiger partial charge in [0.2, 0.25) is 0 Å². The van der Waals surface area contributed by atoms with Crippen LogP contribution in [0.25, 0.3) is 20.5 Å². The summed E-state index contributed by atoms with van der Waals surface area (Å²) in [5, 5.41) is 0.723. The molecule has 0 radical (unpaired) electrons. The average molecular weight is 312 g/mol. The third-order valence-corrected chi connectivity index (χ3v) is 4.52. The Bertz CT molecular complexity index is 850. The number of ether oxygens (including phenoxy) is 2. The van der Waals surface area contributed by atoms with Crippen LogP contribution in [0.15, 0.2) is 53.3 Å². The smallest absolute Gasteiger partial charge is 0.188 e. The van der Waals surface area contributed by atoms with E-state index < -0.39 is 0 Å². The lowest BCUT2D eigenvalue weighted by atomic mass is 10.1. The van der Waals surface area contributed by atoms with E-state index in [1.54, 1.807) is 24.5 Å². The van der Waals surface area contributed by atoms with Gasteiger partial charge in [0.15, 0.2) is 5.43 Å². The number of hydrogen-bond donors (Lipinski definition) is 0. The number of fused-ring (bicyclic) bond motifs is 1. The number of rotatable bonds is 4. The van der Waals surface area contributed by atoms with Crippen molar-refractivity contribution < 1.29 is 9.47 Å². The van der Waals surface area contributed by atoms with Gasteiger partial charge < -0.3 is 9.47 Å². The fourth-order valence-corrected chi connectivity index (χ4v) is 3.40. The quantitative estimate of drug-likeness (QED) is 0.719. The standard InChI is InChI=1S/C18H16O3S/c1-3-21-13-6-4-12(5-7-13)17-11-16(19)15-9-8-14(20-2)10-18(15)22-17/h4-11H,3H2,1-2H3. The summed E-state index contributed by atoms with van der Waals surface area (Å²) in [7, 11) is 1.63. The largest absolute Gasteiger partial charge is 0.497 e. The molecule has 0 unspecified atom stereocenters. The van der Waals surface area contributed by atoms with Crippen molar-refractivity contribution in [3.05, 3.63) is 58.8 Å². The van der Waals surface area contributed by atoms with E-state index in [-0.39, 0.29) is 5.43 Å². The van der Waals surface area contributed by atoms with E-state index in [4.69, 9.17) is 9.47 Å². The fourth-order valence-electron chi connectivity index (χ4n) is 2.29. The summed E-state index contributed by atoms with van der Waals surface area (Å²) in [6.45, 7) is 2.60. The lowest BCUT2D eigenvalue weighted by Crippen LogP contribution is -1.99. The van der Waals surface area contributed by atoms with Gasteiger partial charge in [-0.15, -0.1) is 11.3 Å². The predicted molar refractivity (Wildman–Crippen MR) is 91.3 cm³/mol. The highest BCUT2D eigenvalue weighted by atomic mass is 32.1. The maximum Gasteiger partial charge on any atom is 0.188 e. The normalized spacial score (nSPS) is 10.6. The molecule has 0 bridgehead atoms. The average Bonchev–Trinajstić information content (AvgIpc) is 2.55. The third-order valence-electron chi connectivity index (χ3n) is 3.39. The molecule has 0 fully saturated rings. The molecule has 0 aliphatic heterocycles. The van der Waals surface area contributed by atoms with E-state index in [1.165, 1.54) is 0 Å². The van der Waals surface area contributed by atoms with E-state index in [0.717, 1.165) is 32.0 Å². The lowest BCUT2D eigenvalue weighted by Gasteiger charge is -2.06. The first-order valence-electron chi connectivity index (χ1n) is 7.06. The molecule has 0 aliphatic rings. The summed E-state index contributed by atoms with van der Waals surface area (Å²) in [5.74, 6) is 1.59. The second-order valence-corrected chi connectivity index (χ2v) is 5.88. The van der Waals surface area contributed by atoms with E-state index in [9.17, 15) is 4.79 Å². The summed E-state index contributed by atoms with van der Waals surface area (Å²) in [6, 6.07) is 15.0. The van der Waals surface area contributed by atoms with Crippen LogP contribution in [0.1, 0.15) is 6.92 Å². The van der Waals surface area contributed by atoms with Crippen molar-refractivity contribution in [1.29, 1.82) is 0 Å². The van der Waals surface area contributed by atoms with Crippen LogP contribution < -0.4 is 14.9 Å². The minimum Gasteiger partial charge on any atom is -0.497 e. The second-order valence-electron chi connectivity index (χ2n) is 4.79. The van der Waals surface area contributed by atoms with Gasteiger partial charge in [-0.2, -0.15) is 0 Å². The van der Waals surface area contributed by atoms with Crippen LogP contribution in [-0.2, 0) is 0 Å². The molecule has 22 heavy (non-hydrogen) atoms. The molecule has 3 nitrogen and oxygen atoms in total. The topological polar surface area (TPSA) is 35.5 Å². The van der Waals surface area contributed by atoms with Crippen LogP contribution in [0.5, 0.6) is 11.5 Å². The summed E-state index contributed by atoms with van der Waals surface area (Å²) >= 11 is 1.58. The van der Waals surface area contributed by atoms with Crippen molar-refractivity contribution in [2.24, 2.45) is 0 Å². The van der Waals surface area contributed by atoms with Gasteiger partial charge in [-0.1, -0.05) is 0 Å². The zero-order valence-electron chi connectivity index (χ0n) is 12.5. The Morgan fingerprint density at radius 3 is 2.41 bits per heavy atom. The molecule has 0 spiro atoms. The second kappa shape index (κ2) is 6.20. The molecule has 3 aromatic rings. The van der Waals surface area contributed by atoms with Crippen molar-refractivity contribution in [2.45, 2.75) is 6.92 Å². The van der Waals surface area contributed by atoms with Crippen LogP contribution in [0.2, 0.25) is 0 Å². The molecule has 0 amide bonds. The molecule has 1 heterocycles. The van der Waals surface area contributed by atoms with Crippen LogP contribution in [0.3, 0.4) is 0 Å². The number of methoxy groups -OCH3 is 1. The van der Waals surface area contributed by atoms with Crippen molar-refractivity contribution in [1.82, 2.24) is 0 Å². The summed E-state index contributed by atoms with van der Waals surface area (Å²) < 4.78 is 11.6. The first-order chi connectivity index (χ1) is 10.7. The van der Waals surface area contributed by atoms with Gasteiger partial charge in [0.1, 0.15) is 11.5 Å². The molecule has 0 atom stereocenters. The van der Waals surface area contributed by atoms with E-state index in [1.807, 2.05) is 49.4 Å². The lowest BCUT2D eigenvalue weighted by molar-refractivity contribution is 0.340. The highest BCUT2D eigenvalue weighted by Crippen LogP contribution is 2.31. The molecular weight excluding hydrogens is 296 g/mol. The van der Waals surface area contributed by atoms with Crippen molar-refractivity contribution in [3.63, 3.8) is 0 Å². The van der Waals surface area contributed by atoms with Crippen molar-refractivity contribution in [2.75, 3.05) is 13.7 Å². The molecule has 1 aromatic heterocycles. The predicted octanol–water partition coefficient (Wildman–Crippen LogP) is 4.34. The van der Waals surface area contributed by atoms with Crippen molar-refractivity contribution in [3.8, 4) is 21.9 Å². The van der Waals surface area contributed by atoms with Crippen LogP contribution in [0, 0.1) is 0 Å². The Morgan fingerprint density at radius 1 is 1.00 bits per heavy atom. The number of hydrogen-bond acceptors (Lipinski definition) is 4. The van der Waals surface area contributed by atoms with E-state index >= 15 is 0 Å². The van der Waals surface area contributed by atoms with Gasteiger partial charge in [-0.25, -0.2) is 0 Å². The number of benzene rings is 2. The summed E-state index contributed by atoms with van der Waals surface area (Å²) in [4.78, 5) is 13.2. The zero-order valence-corrected chi connectivity index (χ0v) is 13.3. The zero-order chi connectivity index (χ0) is 15.5.